The fourth-order valence-electron chi connectivity index (χ4n) is 1.47. The SMILES string of the molecule is COCC(=O)NC(C(=O)O)c1ccc(F)c(C)c1. The van der Waals surface area contributed by atoms with Crippen molar-refractivity contribution in [2.24, 2.45) is 0 Å². The molecule has 1 rings (SSSR count). The largest absolute Gasteiger partial charge is 0.479 e. The van der Waals surface area contributed by atoms with Gasteiger partial charge in [0.05, 0.1) is 0 Å². The first kappa shape index (κ1) is 14.1. The molecule has 0 bridgehead atoms. The number of rotatable bonds is 5. The predicted octanol–water partition coefficient (Wildman–Crippen LogP) is 1.02. The molecule has 0 radical (unpaired) electrons. The lowest BCUT2D eigenvalue weighted by Gasteiger charge is -2.15. The van der Waals surface area contributed by atoms with Gasteiger partial charge in [-0.15, -0.1) is 0 Å². The van der Waals surface area contributed by atoms with Crippen molar-refractivity contribution in [2.75, 3.05) is 13.7 Å². The second-order valence-electron chi connectivity index (χ2n) is 3.78. The van der Waals surface area contributed by atoms with Gasteiger partial charge < -0.3 is 15.2 Å². The van der Waals surface area contributed by atoms with Crippen molar-refractivity contribution in [1.29, 1.82) is 0 Å². The van der Waals surface area contributed by atoms with E-state index in [9.17, 15) is 14.0 Å². The molecular formula is C12H14FNO4. The van der Waals surface area contributed by atoms with Crippen LogP contribution in [0.3, 0.4) is 0 Å². The van der Waals surface area contributed by atoms with E-state index in [2.05, 4.69) is 10.1 Å². The van der Waals surface area contributed by atoms with Crippen LogP contribution in [0, 0.1) is 12.7 Å². The zero-order valence-corrected chi connectivity index (χ0v) is 10.1. The number of methoxy groups -OCH3 is 1. The van der Waals surface area contributed by atoms with Gasteiger partial charge in [0.25, 0.3) is 0 Å². The number of amides is 1. The maximum atomic E-state index is 13.1. The van der Waals surface area contributed by atoms with Gasteiger partial charge >= 0.3 is 5.97 Å². The summed E-state index contributed by atoms with van der Waals surface area (Å²) in [5.41, 5.74) is 0.630. The summed E-state index contributed by atoms with van der Waals surface area (Å²) in [7, 11) is 1.33. The van der Waals surface area contributed by atoms with Gasteiger partial charge in [-0.3, -0.25) is 4.79 Å². The van der Waals surface area contributed by atoms with Crippen LogP contribution in [0.25, 0.3) is 0 Å². The molecule has 98 valence electrons. The third-order valence-corrected chi connectivity index (χ3v) is 2.34. The topological polar surface area (TPSA) is 75.6 Å². The monoisotopic (exact) mass is 255 g/mol. The number of halogens is 1. The van der Waals surface area contributed by atoms with Gasteiger partial charge in [-0.05, 0) is 24.1 Å². The van der Waals surface area contributed by atoms with Crippen molar-refractivity contribution >= 4 is 11.9 Å². The highest BCUT2D eigenvalue weighted by Gasteiger charge is 2.22. The summed E-state index contributed by atoms with van der Waals surface area (Å²) >= 11 is 0. The summed E-state index contributed by atoms with van der Waals surface area (Å²) in [6.07, 6.45) is 0. The molecule has 1 atom stereocenters. The van der Waals surface area contributed by atoms with Gasteiger partial charge in [-0.1, -0.05) is 12.1 Å². The molecule has 1 unspecified atom stereocenters. The number of hydrogen-bond acceptors (Lipinski definition) is 3. The Balaban J connectivity index is 2.94. The Bertz CT molecular complexity index is 461. The molecule has 1 aromatic carbocycles. The van der Waals surface area contributed by atoms with Crippen LogP contribution in [0.2, 0.25) is 0 Å². The van der Waals surface area contributed by atoms with E-state index in [1.165, 1.54) is 32.2 Å². The first-order chi connectivity index (χ1) is 8.45. The van der Waals surface area contributed by atoms with Crippen molar-refractivity contribution in [3.05, 3.63) is 35.1 Å². The van der Waals surface area contributed by atoms with Crippen molar-refractivity contribution in [3.8, 4) is 0 Å². The van der Waals surface area contributed by atoms with Crippen LogP contribution in [0.1, 0.15) is 17.2 Å². The number of benzene rings is 1. The Morgan fingerprint density at radius 2 is 2.17 bits per heavy atom. The third-order valence-electron chi connectivity index (χ3n) is 2.34. The van der Waals surface area contributed by atoms with Gasteiger partial charge in [-0.25, -0.2) is 9.18 Å². The number of nitrogens with one attached hydrogen (secondary N) is 1. The van der Waals surface area contributed by atoms with Gasteiger partial charge in [0, 0.05) is 7.11 Å². The molecule has 18 heavy (non-hydrogen) atoms. The zero-order valence-electron chi connectivity index (χ0n) is 10.1. The third kappa shape index (κ3) is 3.53. The molecule has 1 amide bonds. The number of aryl methyl sites for hydroxylation is 1. The minimum Gasteiger partial charge on any atom is -0.479 e. The molecule has 5 nitrogen and oxygen atoms in total. The molecule has 0 saturated carbocycles. The molecule has 0 aromatic heterocycles. The number of aliphatic carboxylic acids is 1. The van der Waals surface area contributed by atoms with E-state index < -0.39 is 23.7 Å². The predicted molar refractivity (Wildman–Crippen MR) is 61.5 cm³/mol. The summed E-state index contributed by atoms with van der Waals surface area (Å²) in [4.78, 5) is 22.4. The van der Waals surface area contributed by atoms with Crippen molar-refractivity contribution in [3.63, 3.8) is 0 Å². The van der Waals surface area contributed by atoms with E-state index >= 15 is 0 Å². The van der Waals surface area contributed by atoms with E-state index in [1.54, 1.807) is 0 Å². The van der Waals surface area contributed by atoms with Gasteiger partial charge in [0.15, 0.2) is 6.04 Å². The Labute approximate surface area is 104 Å². The molecule has 1 aromatic rings. The van der Waals surface area contributed by atoms with Crippen LogP contribution < -0.4 is 5.32 Å². The molecule has 6 heteroatoms. The Hall–Kier alpha value is -1.95. The van der Waals surface area contributed by atoms with Crippen LogP contribution >= 0.6 is 0 Å². The first-order valence-corrected chi connectivity index (χ1v) is 5.23. The summed E-state index contributed by atoms with van der Waals surface area (Å²) < 4.78 is 17.7. The molecule has 0 saturated heterocycles. The molecule has 0 aliphatic rings. The minimum atomic E-state index is -1.22. The number of carboxylic acids is 1. The van der Waals surface area contributed by atoms with E-state index in [0.29, 0.717) is 11.1 Å². The molecule has 2 N–H and O–H groups in total. The van der Waals surface area contributed by atoms with Gasteiger partial charge in [0.1, 0.15) is 12.4 Å². The van der Waals surface area contributed by atoms with Crippen LogP contribution in [0.5, 0.6) is 0 Å². The highest BCUT2D eigenvalue weighted by Crippen LogP contribution is 2.17. The van der Waals surface area contributed by atoms with E-state index in [0.717, 1.165) is 0 Å². The summed E-state index contributed by atoms with van der Waals surface area (Å²) in [5.74, 6) is -2.19. The van der Waals surface area contributed by atoms with Crippen molar-refractivity contribution in [1.82, 2.24) is 5.32 Å². The van der Waals surface area contributed by atoms with Gasteiger partial charge in [-0.2, -0.15) is 0 Å². The lowest BCUT2D eigenvalue weighted by atomic mass is 10.0. The van der Waals surface area contributed by atoms with Crippen LogP contribution in [-0.2, 0) is 14.3 Å². The fraction of sp³-hybridized carbons (Fsp3) is 0.333. The number of ether oxygens (including phenoxy) is 1. The second kappa shape index (κ2) is 6.11. The fourth-order valence-corrected chi connectivity index (χ4v) is 1.47. The van der Waals surface area contributed by atoms with Crippen LogP contribution in [0.4, 0.5) is 4.39 Å². The molecule has 0 heterocycles. The Morgan fingerprint density at radius 3 is 2.67 bits per heavy atom. The number of carboxylic acid groups (broad SMARTS) is 1. The zero-order chi connectivity index (χ0) is 13.7. The van der Waals surface area contributed by atoms with Crippen molar-refractivity contribution < 1.29 is 23.8 Å². The smallest absolute Gasteiger partial charge is 0.330 e. The summed E-state index contributed by atoms with van der Waals surface area (Å²) in [5, 5.41) is 11.3. The Kier molecular flexibility index (Phi) is 4.79. The number of hydrogen-bond donors (Lipinski definition) is 2. The maximum Gasteiger partial charge on any atom is 0.330 e. The molecule has 0 spiro atoms. The standard InChI is InChI=1S/C12H14FNO4/c1-7-5-8(3-4-9(7)13)11(12(16)17)14-10(15)6-18-2/h3-5,11H,6H2,1-2H3,(H,14,15)(H,16,17). The summed E-state index contributed by atoms with van der Waals surface area (Å²) in [6.45, 7) is 1.29. The normalized spacial score (nSPS) is 11.9. The van der Waals surface area contributed by atoms with E-state index in [4.69, 9.17) is 5.11 Å². The first-order valence-electron chi connectivity index (χ1n) is 5.23. The van der Waals surface area contributed by atoms with Crippen molar-refractivity contribution in [2.45, 2.75) is 13.0 Å². The van der Waals surface area contributed by atoms with E-state index in [-0.39, 0.29) is 6.61 Å². The molecule has 0 fully saturated rings. The Morgan fingerprint density at radius 1 is 1.50 bits per heavy atom. The molecular weight excluding hydrogens is 241 g/mol. The number of carbonyl (C=O) groups is 2. The highest BCUT2D eigenvalue weighted by atomic mass is 19.1. The van der Waals surface area contributed by atoms with Crippen LogP contribution in [-0.4, -0.2) is 30.7 Å². The quantitative estimate of drug-likeness (QED) is 0.823. The minimum absolute atomic E-state index is 0.232. The van der Waals surface area contributed by atoms with E-state index in [1.807, 2.05) is 0 Å². The molecule has 0 aliphatic heterocycles. The average Bonchev–Trinajstić information content (AvgIpc) is 2.30. The number of carbonyl (C=O) groups excluding carboxylic acids is 1. The average molecular weight is 255 g/mol. The summed E-state index contributed by atoms with van der Waals surface area (Å²) in [6, 6.07) is 2.67. The maximum absolute atomic E-state index is 13.1. The lowest BCUT2D eigenvalue weighted by Crippen LogP contribution is -2.35. The van der Waals surface area contributed by atoms with Gasteiger partial charge in [0.2, 0.25) is 5.91 Å². The lowest BCUT2D eigenvalue weighted by molar-refractivity contribution is -0.142. The molecule has 0 aliphatic carbocycles. The highest BCUT2D eigenvalue weighted by molar-refractivity contribution is 5.85. The van der Waals surface area contributed by atoms with Crippen LogP contribution in [0.15, 0.2) is 18.2 Å². The second-order valence-corrected chi connectivity index (χ2v) is 3.78.